The van der Waals surface area contributed by atoms with E-state index in [-0.39, 0.29) is 5.91 Å². The molecule has 1 atom stereocenters. The molecule has 1 heterocycles. The predicted octanol–water partition coefficient (Wildman–Crippen LogP) is 3.20. The minimum absolute atomic E-state index is 0.243. The number of thioether (sulfide) groups is 1. The molecule has 2 nitrogen and oxygen atoms in total. The van der Waals surface area contributed by atoms with Crippen LogP contribution in [-0.2, 0) is 4.79 Å². The maximum absolute atomic E-state index is 11.6. The fourth-order valence-corrected chi connectivity index (χ4v) is 3.29. The highest BCUT2D eigenvalue weighted by Gasteiger charge is 2.16. The lowest BCUT2D eigenvalue weighted by molar-refractivity contribution is -0.122. The Kier molecular flexibility index (Phi) is 7.54. The first-order valence-corrected chi connectivity index (χ1v) is 8.28. The van der Waals surface area contributed by atoms with E-state index >= 15 is 0 Å². The van der Waals surface area contributed by atoms with Gasteiger partial charge in [-0.3, -0.25) is 4.79 Å². The fraction of sp³-hybridized carbons (Fsp3) is 0.917. The summed E-state index contributed by atoms with van der Waals surface area (Å²) < 4.78 is 0. The molecule has 1 aliphatic heterocycles. The van der Waals surface area contributed by atoms with Crippen LogP contribution in [0.5, 0.6) is 0 Å². The van der Waals surface area contributed by atoms with Gasteiger partial charge in [-0.15, -0.1) is 0 Å². The Hall–Kier alpha value is 0.300. The van der Waals surface area contributed by atoms with Crippen molar-refractivity contribution in [2.45, 2.75) is 43.9 Å². The highest BCUT2D eigenvalue weighted by Crippen LogP contribution is 2.25. The Morgan fingerprint density at radius 1 is 1.50 bits per heavy atom. The van der Waals surface area contributed by atoms with Gasteiger partial charge in [-0.2, -0.15) is 11.8 Å². The van der Waals surface area contributed by atoms with Crippen molar-refractivity contribution in [2.75, 3.05) is 18.1 Å². The van der Waals surface area contributed by atoms with Gasteiger partial charge in [0.05, 0.1) is 0 Å². The van der Waals surface area contributed by atoms with E-state index in [0.29, 0.717) is 10.7 Å². The molecule has 1 saturated heterocycles. The molecule has 0 bridgehead atoms. The minimum atomic E-state index is 0.243. The zero-order valence-electron chi connectivity index (χ0n) is 10.0. The van der Waals surface area contributed by atoms with Gasteiger partial charge in [0.25, 0.3) is 0 Å². The van der Waals surface area contributed by atoms with Gasteiger partial charge in [0.1, 0.15) is 0 Å². The molecule has 1 rings (SSSR count). The van der Waals surface area contributed by atoms with Crippen LogP contribution in [0.2, 0.25) is 0 Å². The van der Waals surface area contributed by atoms with Crippen molar-refractivity contribution in [2.24, 2.45) is 5.92 Å². The molecular weight excluding hydrogens is 286 g/mol. The lowest BCUT2D eigenvalue weighted by atomic mass is 9.98. The van der Waals surface area contributed by atoms with Crippen molar-refractivity contribution in [3.8, 4) is 0 Å². The van der Waals surface area contributed by atoms with Crippen LogP contribution >= 0.6 is 27.7 Å². The van der Waals surface area contributed by atoms with Gasteiger partial charge in [0.2, 0.25) is 5.91 Å². The van der Waals surface area contributed by atoms with E-state index in [1.54, 1.807) is 0 Å². The average molecular weight is 308 g/mol. The predicted molar refractivity (Wildman–Crippen MR) is 75.3 cm³/mol. The summed E-state index contributed by atoms with van der Waals surface area (Å²) in [4.78, 5) is 12.2. The van der Waals surface area contributed by atoms with Gasteiger partial charge in [-0.05, 0) is 43.1 Å². The minimum Gasteiger partial charge on any atom is -0.356 e. The van der Waals surface area contributed by atoms with E-state index in [9.17, 15) is 4.79 Å². The number of carbonyl (C=O) groups is 1. The maximum Gasteiger partial charge on any atom is 0.220 e. The van der Waals surface area contributed by atoms with Crippen molar-refractivity contribution in [1.29, 1.82) is 0 Å². The van der Waals surface area contributed by atoms with Crippen molar-refractivity contribution >= 4 is 33.6 Å². The summed E-state index contributed by atoms with van der Waals surface area (Å²) in [5, 5.41) is 3.02. The normalized spacial score (nSPS) is 19.4. The molecule has 94 valence electrons. The van der Waals surface area contributed by atoms with Crippen molar-refractivity contribution in [3.63, 3.8) is 0 Å². The molecule has 1 amide bonds. The molecule has 0 radical (unpaired) electrons. The number of rotatable bonds is 6. The Morgan fingerprint density at radius 3 is 2.81 bits per heavy atom. The van der Waals surface area contributed by atoms with E-state index in [1.165, 1.54) is 24.3 Å². The third-order valence-electron chi connectivity index (χ3n) is 3.04. The molecule has 0 aromatic carbocycles. The third kappa shape index (κ3) is 6.14. The van der Waals surface area contributed by atoms with Crippen LogP contribution in [0.25, 0.3) is 0 Å². The lowest BCUT2D eigenvalue weighted by Gasteiger charge is -2.20. The molecule has 1 N–H and O–H groups in total. The van der Waals surface area contributed by atoms with Gasteiger partial charge in [-0.25, -0.2) is 0 Å². The molecule has 0 aromatic rings. The van der Waals surface area contributed by atoms with E-state index < -0.39 is 0 Å². The average Bonchev–Trinajstić information content (AvgIpc) is 2.30. The summed E-state index contributed by atoms with van der Waals surface area (Å²) in [6, 6.07) is 0. The van der Waals surface area contributed by atoms with E-state index in [1.807, 2.05) is 11.8 Å². The number of alkyl halides is 1. The molecule has 1 unspecified atom stereocenters. The van der Waals surface area contributed by atoms with Crippen LogP contribution in [0.4, 0.5) is 0 Å². The number of carbonyl (C=O) groups excluding carboxylic acids is 1. The topological polar surface area (TPSA) is 29.1 Å². The molecule has 1 fully saturated rings. The molecular formula is C12H22BrNOS. The Balaban J connectivity index is 2.05. The van der Waals surface area contributed by atoms with E-state index in [2.05, 4.69) is 28.2 Å². The van der Waals surface area contributed by atoms with Gasteiger partial charge < -0.3 is 5.32 Å². The SMILES string of the molecule is CCC(Br)CCNC(=O)CC1CCSCC1. The summed E-state index contributed by atoms with van der Waals surface area (Å²) >= 11 is 5.58. The summed E-state index contributed by atoms with van der Waals surface area (Å²) in [5.41, 5.74) is 0. The van der Waals surface area contributed by atoms with Crippen molar-refractivity contribution in [3.05, 3.63) is 0 Å². The number of hydrogen-bond donors (Lipinski definition) is 1. The molecule has 0 saturated carbocycles. The zero-order chi connectivity index (χ0) is 11.8. The summed E-state index contributed by atoms with van der Waals surface area (Å²) in [6.45, 7) is 2.96. The van der Waals surface area contributed by atoms with Gasteiger partial charge >= 0.3 is 0 Å². The van der Waals surface area contributed by atoms with Gasteiger partial charge in [0, 0.05) is 17.8 Å². The molecule has 1 aliphatic rings. The van der Waals surface area contributed by atoms with Crippen LogP contribution in [0.1, 0.15) is 39.0 Å². The van der Waals surface area contributed by atoms with E-state index in [0.717, 1.165) is 25.8 Å². The largest absolute Gasteiger partial charge is 0.356 e. The van der Waals surface area contributed by atoms with Gasteiger partial charge in [-0.1, -0.05) is 22.9 Å². The van der Waals surface area contributed by atoms with Crippen LogP contribution in [-0.4, -0.2) is 28.8 Å². The third-order valence-corrected chi connectivity index (χ3v) is 5.19. The van der Waals surface area contributed by atoms with Crippen LogP contribution in [0.3, 0.4) is 0 Å². The number of amides is 1. The highest BCUT2D eigenvalue weighted by molar-refractivity contribution is 9.09. The quantitative estimate of drug-likeness (QED) is 0.764. The maximum atomic E-state index is 11.6. The lowest BCUT2D eigenvalue weighted by Crippen LogP contribution is -2.28. The second-order valence-corrected chi connectivity index (χ2v) is 6.92. The second-order valence-electron chi connectivity index (χ2n) is 4.40. The first-order valence-electron chi connectivity index (χ1n) is 6.21. The van der Waals surface area contributed by atoms with Crippen LogP contribution in [0.15, 0.2) is 0 Å². The fourth-order valence-electron chi connectivity index (χ4n) is 1.86. The Labute approximate surface area is 111 Å². The molecule has 4 heteroatoms. The molecule has 0 aromatic heterocycles. The number of nitrogens with one attached hydrogen (secondary N) is 1. The number of halogens is 1. The zero-order valence-corrected chi connectivity index (χ0v) is 12.4. The van der Waals surface area contributed by atoms with Crippen molar-refractivity contribution < 1.29 is 4.79 Å². The first-order chi connectivity index (χ1) is 7.72. The number of hydrogen-bond acceptors (Lipinski definition) is 2. The van der Waals surface area contributed by atoms with Crippen LogP contribution < -0.4 is 5.32 Å². The molecule has 0 spiro atoms. The first kappa shape index (κ1) is 14.4. The smallest absolute Gasteiger partial charge is 0.220 e. The highest BCUT2D eigenvalue weighted by atomic mass is 79.9. The Bertz CT molecular complexity index is 207. The van der Waals surface area contributed by atoms with E-state index in [4.69, 9.17) is 0 Å². The molecule has 16 heavy (non-hydrogen) atoms. The molecule has 0 aliphatic carbocycles. The summed E-state index contributed by atoms with van der Waals surface area (Å²) in [5.74, 6) is 3.34. The summed E-state index contributed by atoms with van der Waals surface area (Å²) in [7, 11) is 0. The van der Waals surface area contributed by atoms with Crippen LogP contribution in [0, 0.1) is 5.92 Å². The standard InChI is InChI=1S/C12H22BrNOS/c1-2-11(13)3-6-14-12(15)9-10-4-7-16-8-5-10/h10-11H,2-9H2,1H3,(H,14,15). The second kappa shape index (κ2) is 8.40. The Morgan fingerprint density at radius 2 is 2.19 bits per heavy atom. The monoisotopic (exact) mass is 307 g/mol. The van der Waals surface area contributed by atoms with Gasteiger partial charge in [0.15, 0.2) is 0 Å². The summed E-state index contributed by atoms with van der Waals surface area (Å²) in [6.07, 6.45) is 5.32. The van der Waals surface area contributed by atoms with Crippen molar-refractivity contribution in [1.82, 2.24) is 5.32 Å².